The molecule has 0 bridgehead atoms. The molecule has 0 saturated carbocycles. The second-order valence-corrected chi connectivity index (χ2v) is 5.86. The Labute approximate surface area is 135 Å². The molecule has 2 heterocycles. The number of benzene rings is 1. The fourth-order valence-electron chi connectivity index (χ4n) is 2.92. The van der Waals surface area contributed by atoms with Crippen molar-refractivity contribution in [2.75, 3.05) is 33.3 Å². The third-order valence-corrected chi connectivity index (χ3v) is 4.24. The van der Waals surface area contributed by atoms with Crippen LogP contribution < -0.4 is 10.4 Å². The van der Waals surface area contributed by atoms with Crippen molar-refractivity contribution in [3.8, 4) is 5.75 Å². The summed E-state index contributed by atoms with van der Waals surface area (Å²) in [6.07, 6.45) is 0. The quantitative estimate of drug-likeness (QED) is 0.866. The molecule has 1 N–H and O–H groups in total. The average Bonchev–Trinajstić information content (AvgIpc) is 2.87. The highest BCUT2D eigenvalue weighted by Crippen LogP contribution is 2.20. The number of aryl methyl sites for hydroxylation is 1. The van der Waals surface area contributed by atoms with E-state index in [1.165, 1.54) is 10.2 Å². The maximum atomic E-state index is 11.4. The largest absolute Gasteiger partial charge is 0.496 e. The Morgan fingerprint density at radius 2 is 1.78 bits per heavy atom. The fraction of sp³-hybridized carbons (Fsp3) is 0.500. The SMILES string of the molecule is COc1ccccc1CN1CCN(Cc2nn(C)c(=O)[nH]2)CC1. The van der Waals surface area contributed by atoms with Crippen LogP contribution in [0.25, 0.3) is 0 Å². The lowest BCUT2D eigenvalue weighted by Gasteiger charge is -2.34. The van der Waals surface area contributed by atoms with Crippen LogP contribution >= 0.6 is 0 Å². The molecule has 1 aliphatic heterocycles. The Morgan fingerprint density at radius 3 is 2.39 bits per heavy atom. The lowest BCUT2D eigenvalue weighted by molar-refractivity contribution is 0.119. The second-order valence-electron chi connectivity index (χ2n) is 5.86. The first-order valence-electron chi connectivity index (χ1n) is 7.84. The number of methoxy groups -OCH3 is 1. The summed E-state index contributed by atoms with van der Waals surface area (Å²) in [7, 11) is 3.37. The number of para-hydroxylation sites is 1. The third-order valence-electron chi connectivity index (χ3n) is 4.24. The number of aromatic amines is 1. The Hall–Kier alpha value is -2.12. The summed E-state index contributed by atoms with van der Waals surface area (Å²) in [4.78, 5) is 18.9. The molecule has 1 saturated heterocycles. The van der Waals surface area contributed by atoms with Crippen molar-refractivity contribution in [2.45, 2.75) is 13.1 Å². The molecule has 2 aromatic rings. The summed E-state index contributed by atoms with van der Waals surface area (Å²) in [5.41, 5.74) is 1.06. The van der Waals surface area contributed by atoms with E-state index < -0.39 is 0 Å². The van der Waals surface area contributed by atoms with Crippen LogP contribution in [0.2, 0.25) is 0 Å². The van der Waals surface area contributed by atoms with E-state index >= 15 is 0 Å². The zero-order chi connectivity index (χ0) is 16.2. The molecule has 3 rings (SSSR count). The molecule has 0 radical (unpaired) electrons. The van der Waals surface area contributed by atoms with Gasteiger partial charge in [-0.05, 0) is 6.07 Å². The molecule has 0 spiro atoms. The molecule has 1 aromatic heterocycles. The molecular weight excluding hydrogens is 294 g/mol. The molecule has 0 aliphatic carbocycles. The lowest BCUT2D eigenvalue weighted by Crippen LogP contribution is -2.45. The van der Waals surface area contributed by atoms with Gasteiger partial charge in [-0.1, -0.05) is 18.2 Å². The predicted octanol–water partition coefficient (Wildman–Crippen LogP) is 0.435. The van der Waals surface area contributed by atoms with Crippen molar-refractivity contribution in [3.63, 3.8) is 0 Å². The number of hydrogen-bond acceptors (Lipinski definition) is 5. The number of piperazine rings is 1. The predicted molar refractivity (Wildman–Crippen MR) is 87.4 cm³/mol. The van der Waals surface area contributed by atoms with Gasteiger partial charge in [0.15, 0.2) is 0 Å². The minimum atomic E-state index is -0.158. The van der Waals surface area contributed by atoms with Crippen molar-refractivity contribution >= 4 is 0 Å². The first-order chi connectivity index (χ1) is 11.2. The molecule has 0 atom stereocenters. The van der Waals surface area contributed by atoms with Gasteiger partial charge in [-0.2, -0.15) is 5.10 Å². The first kappa shape index (κ1) is 15.8. The van der Waals surface area contributed by atoms with Crippen LogP contribution in [0.3, 0.4) is 0 Å². The second kappa shape index (κ2) is 6.97. The molecule has 23 heavy (non-hydrogen) atoms. The summed E-state index contributed by atoms with van der Waals surface area (Å²) in [6.45, 7) is 5.52. The van der Waals surface area contributed by atoms with E-state index in [0.717, 1.165) is 44.3 Å². The Kier molecular flexibility index (Phi) is 4.78. The summed E-state index contributed by atoms with van der Waals surface area (Å²) >= 11 is 0. The van der Waals surface area contributed by atoms with Gasteiger partial charge in [0.1, 0.15) is 11.6 Å². The van der Waals surface area contributed by atoms with E-state index in [2.05, 4.69) is 25.9 Å². The molecule has 0 unspecified atom stereocenters. The monoisotopic (exact) mass is 317 g/mol. The molecule has 1 aromatic carbocycles. The van der Waals surface area contributed by atoms with Gasteiger partial charge in [0.2, 0.25) is 0 Å². The number of H-pyrrole nitrogens is 1. The van der Waals surface area contributed by atoms with Crippen molar-refractivity contribution < 1.29 is 4.74 Å². The van der Waals surface area contributed by atoms with Gasteiger partial charge in [0.05, 0.1) is 13.7 Å². The summed E-state index contributed by atoms with van der Waals surface area (Å²) in [5.74, 6) is 1.68. The highest BCUT2D eigenvalue weighted by molar-refractivity contribution is 5.33. The van der Waals surface area contributed by atoms with Gasteiger partial charge in [0.25, 0.3) is 0 Å². The summed E-state index contributed by atoms with van der Waals surface area (Å²) in [5, 5.41) is 4.19. The molecular formula is C16H23N5O2. The maximum Gasteiger partial charge on any atom is 0.343 e. The van der Waals surface area contributed by atoms with Crippen molar-refractivity contribution in [2.24, 2.45) is 7.05 Å². The van der Waals surface area contributed by atoms with Crippen LogP contribution in [0.1, 0.15) is 11.4 Å². The molecule has 7 nitrogen and oxygen atoms in total. The maximum absolute atomic E-state index is 11.4. The number of hydrogen-bond donors (Lipinski definition) is 1. The van der Waals surface area contributed by atoms with E-state index in [0.29, 0.717) is 6.54 Å². The number of ether oxygens (including phenoxy) is 1. The highest BCUT2D eigenvalue weighted by Gasteiger charge is 2.19. The topological polar surface area (TPSA) is 66.4 Å². The van der Waals surface area contributed by atoms with Gasteiger partial charge in [-0.15, -0.1) is 0 Å². The summed E-state index contributed by atoms with van der Waals surface area (Å²) < 4.78 is 6.76. The van der Waals surface area contributed by atoms with Crippen LogP contribution in [0, 0.1) is 0 Å². The number of rotatable bonds is 5. The van der Waals surface area contributed by atoms with Crippen molar-refractivity contribution in [3.05, 3.63) is 46.1 Å². The molecule has 0 amide bonds. The number of nitrogens with one attached hydrogen (secondary N) is 1. The molecule has 7 heteroatoms. The van der Waals surface area contributed by atoms with E-state index in [4.69, 9.17) is 4.74 Å². The normalized spacial score (nSPS) is 16.6. The number of aromatic nitrogens is 3. The zero-order valence-corrected chi connectivity index (χ0v) is 13.7. The smallest absolute Gasteiger partial charge is 0.343 e. The Balaban J connectivity index is 1.53. The van der Waals surface area contributed by atoms with Crippen LogP contribution in [-0.4, -0.2) is 57.9 Å². The first-order valence-corrected chi connectivity index (χ1v) is 7.84. The van der Waals surface area contributed by atoms with Crippen LogP contribution in [0.15, 0.2) is 29.1 Å². The Morgan fingerprint density at radius 1 is 1.13 bits per heavy atom. The van der Waals surface area contributed by atoms with Crippen molar-refractivity contribution in [1.29, 1.82) is 0 Å². The van der Waals surface area contributed by atoms with Crippen molar-refractivity contribution in [1.82, 2.24) is 24.6 Å². The summed E-state index contributed by atoms with van der Waals surface area (Å²) in [6, 6.07) is 8.16. The fourth-order valence-corrected chi connectivity index (χ4v) is 2.92. The van der Waals surface area contributed by atoms with E-state index in [1.54, 1.807) is 14.2 Å². The van der Waals surface area contributed by atoms with E-state index in [1.807, 2.05) is 18.2 Å². The van der Waals surface area contributed by atoms with Gasteiger partial charge in [-0.25, -0.2) is 9.48 Å². The molecule has 1 fully saturated rings. The van der Waals surface area contributed by atoms with Crippen LogP contribution in [0.5, 0.6) is 5.75 Å². The minimum absolute atomic E-state index is 0.158. The zero-order valence-electron chi connectivity index (χ0n) is 13.7. The standard InChI is InChI=1S/C16H23N5O2/c1-19-16(22)17-15(18-19)12-21-9-7-20(8-10-21)11-13-5-3-4-6-14(13)23-2/h3-6H,7-12H2,1-2H3,(H,17,18,22). The van der Waals surface area contributed by atoms with Crippen LogP contribution in [-0.2, 0) is 20.1 Å². The molecule has 124 valence electrons. The van der Waals surface area contributed by atoms with E-state index in [9.17, 15) is 4.79 Å². The minimum Gasteiger partial charge on any atom is -0.496 e. The Bertz CT molecular complexity index is 700. The van der Waals surface area contributed by atoms with Gasteiger partial charge >= 0.3 is 5.69 Å². The van der Waals surface area contributed by atoms with Gasteiger partial charge in [0, 0.05) is 45.3 Å². The average molecular weight is 317 g/mol. The number of nitrogens with zero attached hydrogens (tertiary/aromatic N) is 4. The third kappa shape index (κ3) is 3.80. The van der Waals surface area contributed by atoms with Gasteiger partial charge in [-0.3, -0.25) is 14.8 Å². The highest BCUT2D eigenvalue weighted by atomic mass is 16.5. The van der Waals surface area contributed by atoms with Gasteiger partial charge < -0.3 is 4.74 Å². The molecule has 1 aliphatic rings. The van der Waals surface area contributed by atoms with Crippen LogP contribution in [0.4, 0.5) is 0 Å². The lowest BCUT2D eigenvalue weighted by atomic mass is 10.1. The van der Waals surface area contributed by atoms with E-state index in [-0.39, 0.29) is 5.69 Å².